The maximum atomic E-state index is 10.7. The fourth-order valence-corrected chi connectivity index (χ4v) is 2.49. The third-order valence-electron chi connectivity index (χ3n) is 2.67. The molecule has 1 aromatic carbocycles. The van der Waals surface area contributed by atoms with Crippen molar-refractivity contribution in [1.82, 2.24) is 9.78 Å². The Morgan fingerprint density at radius 2 is 2.11 bits per heavy atom. The molecule has 0 radical (unpaired) electrons. The highest BCUT2D eigenvalue weighted by atomic mass is 32.2. The first-order valence-electron chi connectivity index (χ1n) is 6.14. The van der Waals surface area contributed by atoms with Gasteiger partial charge >= 0.3 is 5.97 Å². The Balaban J connectivity index is 2.18. The van der Waals surface area contributed by atoms with Gasteiger partial charge in [-0.1, -0.05) is 49.0 Å². The molecule has 0 aliphatic carbocycles. The minimum absolute atomic E-state index is 0.0592. The first-order chi connectivity index (χ1) is 9.19. The number of hydrogen-bond acceptors (Lipinski definition) is 3. The third kappa shape index (κ3) is 3.86. The van der Waals surface area contributed by atoms with Crippen LogP contribution in [-0.4, -0.2) is 26.6 Å². The monoisotopic (exact) mass is 276 g/mol. The van der Waals surface area contributed by atoms with Crippen LogP contribution >= 0.6 is 11.8 Å². The van der Waals surface area contributed by atoms with Crippen molar-refractivity contribution in [2.45, 2.75) is 24.9 Å². The van der Waals surface area contributed by atoms with Crippen LogP contribution in [0.4, 0.5) is 0 Å². The molecule has 4 nitrogen and oxygen atoms in total. The van der Waals surface area contributed by atoms with Gasteiger partial charge in [-0.2, -0.15) is 5.10 Å². The van der Waals surface area contributed by atoms with Gasteiger partial charge < -0.3 is 5.11 Å². The van der Waals surface area contributed by atoms with E-state index in [1.54, 1.807) is 0 Å². The van der Waals surface area contributed by atoms with Crippen molar-refractivity contribution >= 4 is 17.7 Å². The van der Waals surface area contributed by atoms with E-state index in [2.05, 4.69) is 5.10 Å². The number of thioether (sulfide) groups is 1. The predicted octanol–water partition coefficient (Wildman–Crippen LogP) is 2.67. The van der Waals surface area contributed by atoms with Crippen molar-refractivity contribution in [3.05, 3.63) is 47.7 Å². The highest BCUT2D eigenvalue weighted by Crippen LogP contribution is 2.20. The van der Waals surface area contributed by atoms with E-state index in [1.165, 1.54) is 11.8 Å². The zero-order chi connectivity index (χ0) is 13.7. The summed E-state index contributed by atoms with van der Waals surface area (Å²) in [6.45, 7) is 2.71. The Morgan fingerprint density at radius 3 is 2.74 bits per heavy atom. The predicted molar refractivity (Wildman–Crippen MR) is 75.5 cm³/mol. The zero-order valence-electron chi connectivity index (χ0n) is 10.7. The lowest BCUT2D eigenvalue weighted by Crippen LogP contribution is -2.05. The van der Waals surface area contributed by atoms with Gasteiger partial charge in [0.05, 0.1) is 23.0 Å². The van der Waals surface area contributed by atoms with E-state index >= 15 is 0 Å². The van der Waals surface area contributed by atoms with Crippen LogP contribution in [0.15, 0.2) is 41.4 Å². The molecule has 0 aliphatic rings. The second-order valence-corrected chi connectivity index (χ2v) is 5.15. The maximum absolute atomic E-state index is 10.7. The lowest BCUT2D eigenvalue weighted by molar-refractivity contribution is -0.133. The first kappa shape index (κ1) is 13.7. The average molecular weight is 276 g/mol. The van der Waals surface area contributed by atoms with Crippen LogP contribution in [0.3, 0.4) is 0 Å². The van der Waals surface area contributed by atoms with Crippen LogP contribution in [0.2, 0.25) is 0 Å². The topological polar surface area (TPSA) is 55.1 Å². The van der Waals surface area contributed by atoms with Crippen molar-refractivity contribution in [3.8, 4) is 0 Å². The molecule has 0 fully saturated rings. The molecule has 100 valence electrons. The summed E-state index contributed by atoms with van der Waals surface area (Å²) in [5, 5.41) is 14.2. The second kappa shape index (κ2) is 6.43. The number of carbonyl (C=O) groups is 1. The van der Waals surface area contributed by atoms with Gasteiger partial charge in [0.25, 0.3) is 0 Å². The fraction of sp³-hybridized carbons (Fsp3) is 0.286. The molecule has 5 heteroatoms. The quantitative estimate of drug-likeness (QED) is 0.824. The Morgan fingerprint density at radius 1 is 1.37 bits per heavy atom. The second-order valence-electron chi connectivity index (χ2n) is 4.15. The summed E-state index contributed by atoms with van der Waals surface area (Å²) >= 11 is 1.31. The number of benzene rings is 1. The Labute approximate surface area is 116 Å². The van der Waals surface area contributed by atoms with Crippen molar-refractivity contribution in [3.63, 3.8) is 0 Å². The molecule has 1 aromatic heterocycles. The van der Waals surface area contributed by atoms with Crippen molar-refractivity contribution in [2.24, 2.45) is 0 Å². The highest BCUT2D eigenvalue weighted by molar-refractivity contribution is 7.99. The van der Waals surface area contributed by atoms with Crippen LogP contribution in [0.1, 0.15) is 18.2 Å². The summed E-state index contributed by atoms with van der Waals surface area (Å²) in [6, 6.07) is 12.0. The number of carboxylic acid groups (broad SMARTS) is 1. The van der Waals surface area contributed by atoms with Crippen LogP contribution in [0.5, 0.6) is 0 Å². The average Bonchev–Trinajstić information content (AvgIpc) is 2.80. The Bertz CT molecular complexity index is 552. The maximum Gasteiger partial charge on any atom is 0.313 e. The number of rotatable bonds is 6. The summed E-state index contributed by atoms with van der Waals surface area (Å²) in [7, 11) is 0. The summed E-state index contributed by atoms with van der Waals surface area (Å²) in [5.74, 6) is -0.751. The summed E-state index contributed by atoms with van der Waals surface area (Å²) in [5.41, 5.74) is 2.15. The van der Waals surface area contributed by atoms with Gasteiger partial charge in [-0.25, -0.2) is 0 Å². The van der Waals surface area contributed by atoms with E-state index in [4.69, 9.17) is 5.11 Å². The number of aliphatic carboxylic acids is 1. The van der Waals surface area contributed by atoms with E-state index in [0.717, 1.165) is 22.7 Å². The van der Waals surface area contributed by atoms with Crippen LogP contribution in [0.25, 0.3) is 0 Å². The Kier molecular flexibility index (Phi) is 4.63. The molecule has 2 rings (SSSR count). The molecule has 1 heterocycles. The van der Waals surface area contributed by atoms with Gasteiger partial charge in [-0.05, 0) is 18.1 Å². The van der Waals surface area contributed by atoms with Crippen molar-refractivity contribution in [2.75, 3.05) is 5.75 Å². The largest absolute Gasteiger partial charge is 0.481 e. The number of aryl methyl sites for hydroxylation is 1. The smallest absolute Gasteiger partial charge is 0.313 e. The van der Waals surface area contributed by atoms with Gasteiger partial charge in [0, 0.05) is 0 Å². The van der Waals surface area contributed by atoms with Crippen LogP contribution in [0, 0.1) is 0 Å². The standard InChI is InChI=1S/C14H16N2O2S/c1-2-12-8-13(19-10-14(17)18)16(15-12)9-11-6-4-3-5-7-11/h3-8H,2,9-10H2,1H3,(H,17,18). The molecule has 19 heavy (non-hydrogen) atoms. The number of aromatic nitrogens is 2. The molecule has 0 bridgehead atoms. The summed E-state index contributed by atoms with van der Waals surface area (Å²) < 4.78 is 1.88. The van der Waals surface area contributed by atoms with Crippen LogP contribution < -0.4 is 0 Å². The first-order valence-corrected chi connectivity index (χ1v) is 7.13. The molecule has 1 N–H and O–H groups in total. The normalized spacial score (nSPS) is 10.6. The molecule has 0 spiro atoms. The molecule has 0 atom stereocenters. The Hall–Kier alpha value is -1.75. The third-order valence-corrected chi connectivity index (χ3v) is 3.69. The van der Waals surface area contributed by atoms with Crippen molar-refractivity contribution in [1.29, 1.82) is 0 Å². The van der Waals surface area contributed by atoms with E-state index in [0.29, 0.717) is 6.54 Å². The lowest BCUT2D eigenvalue weighted by atomic mass is 10.2. The minimum Gasteiger partial charge on any atom is -0.481 e. The molecule has 0 saturated heterocycles. The van der Waals surface area contributed by atoms with Gasteiger partial charge in [0.1, 0.15) is 0 Å². The van der Waals surface area contributed by atoms with Crippen LogP contribution in [-0.2, 0) is 17.8 Å². The molecule has 0 saturated carbocycles. The molecule has 0 unspecified atom stereocenters. The SMILES string of the molecule is CCc1cc(SCC(=O)O)n(Cc2ccccc2)n1. The molecule has 0 aliphatic heterocycles. The number of carboxylic acids is 1. The van der Waals surface area contributed by atoms with Gasteiger partial charge in [0.2, 0.25) is 0 Å². The minimum atomic E-state index is -0.810. The number of nitrogens with zero attached hydrogens (tertiary/aromatic N) is 2. The van der Waals surface area contributed by atoms with Crippen molar-refractivity contribution < 1.29 is 9.90 Å². The summed E-state index contributed by atoms with van der Waals surface area (Å²) in [4.78, 5) is 10.7. The van der Waals surface area contributed by atoms with Gasteiger partial charge in [-0.3, -0.25) is 9.48 Å². The lowest BCUT2D eigenvalue weighted by Gasteiger charge is -2.06. The summed E-state index contributed by atoms with van der Waals surface area (Å²) in [6.07, 6.45) is 0.850. The number of hydrogen-bond donors (Lipinski definition) is 1. The zero-order valence-corrected chi connectivity index (χ0v) is 11.6. The van der Waals surface area contributed by atoms with Gasteiger partial charge in [0.15, 0.2) is 0 Å². The molecular weight excluding hydrogens is 260 g/mol. The molecular formula is C14H16N2O2S. The van der Waals surface area contributed by atoms with E-state index in [1.807, 2.05) is 48.0 Å². The molecule has 2 aromatic rings. The van der Waals surface area contributed by atoms with E-state index < -0.39 is 5.97 Å². The van der Waals surface area contributed by atoms with Gasteiger partial charge in [-0.15, -0.1) is 0 Å². The fourth-order valence-electron chi connectivity index (χ4n) is 1.74. The molecule has 0 amide bonds. The van der Waals surface area contributed by atoms with E-state index in [-0.39, 0.29) is 5.75 Å². The van der Waals surface area contributed by atoms with E-state index in [9.17, 15) is 4.79 Å². The highest BCUT2D eigenvalue weighted by Gasteiger charge is 2.09.